The smallest absolute Gasteiger partial charge is 0.265 e. The van der Waals surface area contributed by atoms with Gasteiger partial charge in [-0.25, -0.2) is 0 Å². The fourth-order valence-electron chi connectivity index (χ4n) is 3.24. The van der Waals surface area contributed by atoms with Gasteiger partial charge in [0.25, 0.3) is 11.8 Å². The Kier molecular flexibility index (Phi) is 7.15. The van der Waals surface area contributed by atoms with Crippen molar-refractivity contribution in [1.29, 1.82) is 0 Å². The standard InChI is InChI=1S/C26H28N2O4/c1-16-6-12-22(18(3)14-16)27-25(29)19(4)32-21-10-8-20(9-11-21)26(30)28-23-15-17(2)7-13-24(23)31-5/h6-15,19H,1-5H3,(H,27,29)(H,28,30). The second kappa shape index (κ2) is 10.0. The third kappa shape index (κ3) is 5.66. The van der Waals surface area contributed by atoms with E-state index in [4.69, 9.17) is 9.47 Å². The Bertz CT molecular complexity index is 1120. The Hall–Kier alpha value is -3.80. The van der Waals surface area contributed by atoms with Crippen LogP contribution in [-0.4, -0.2) is 25.0 Å². The molecule has 0 aliphatic heterocycles. The summed E-state index contributed by atoms with van der Waals surface area (Å²) in [5, 5.41) is 5.75. The number of ether oxygens (including phenoxy) is 2. The van der Waals surface area contributed by atoms with Gasteiger partial charge in [0.1, 0.15) is 11.5 Å². The fourth-order valence-corrected chi connectivity index (χ4v) is 3.24. The van der Waals surface area contributed by atoms with E-state index in [1.807, 2.05) is 57.2 Å². The molecule has 0 radical (unpaired) electrons. The highest BCUT2D eigenvalue weighted by Gasteiger charge is 2.16. The first kappa shape index (κ1) is 22.9. The number of anilines is 2. The van der Waals surface area contributed by atoms with Gasteiger partial charge < -0.3 is 20.1 Å². The van der Waals surface area contributed by atoms with Crippen LogP contribution in [0.1, 0.15) is 34.0 Å². The molecular weight excluding hydrogens is 404 g/mol. The lowest BCUT2D eigenvalue weighted by atomic mass is 10.1. The third-order valence-corrected chi connectivity index (χ3v) is 5.04. The third-order valence-electron chi connectivity index (χ3n) is 5.04. The van der Waals surface area contributed by atoms with Gasteiger partial charge in [0.15, 0.2) is 6.10 Å². The van der Waals surface area contributed by atoms with Crippen LogP contribution >= 0.6 is 0 Å². The molecule has 0 aliphatic carbocycles. The minimum Gasteiger partial charge on any atom is -0.495 e. The van der Waals surface area contributed by atoms with Crippen LogP contribution in [0.25, 0.3) is 0 Å². The van der Waals surface area contributed by atoms with Crippen molar-refractivity contribution in [3.05, 3.63) is 82.9 Å². The van der Waals surface area contributed by atoms with E-state index in [9.17, 15) is 9.59 Å². The van der Waals surface area contributed by atoms with Gasteiger partial charge in [0.05, 0.1) is 12.8 Å². The van der Waals surface area contributed by atoms with Crippen molar-refractivity contribution >= 4 is 23.2 Å². The van der Waals surface area contributed by atoms with Crippen molar-refractivity contribution in [2.24, 2.45) is 0 Å². The van der Waals surface area contributed by atoms with E-state index in [0.717, 1.165) is 22.4 Å². The zero-order valence-electron chi connectivity index (χ0n) is 19.0. The predicted molar refractivity (Wildman–Crippen MR) is 127 cm³/mol. The molecule has 0 saturated heterocycles. The number of amides is 2. The summed E-state index contributed by atoms with van der Waals surface area (Å²) in [5.74, 6) is 0.580. The molecule has 3 aromatic carbocycles. The maximum absolute atomic E-state index is 12.6. The Morgan fingerprint density at radius 2 is 1.47 bits per heavy atom. The van der Waals surface area contributed by atoms with E-state index in [2.05, 4.69) is 10.6 Å². The maximum Gasteiger partial charge on any atom is 0.265 e. The first-order chi connectivity index (χ1) is 15.3. The Balaban J connectivity index is 1.62. The van der Waals surface area contributed by atoms with Crippen LogP contribution in [0.15, 0.2) is 60.7 Å². The van der Waals surface area contributed by atoms with Gasteiger partial charge >= 0.3 is 0 Å². The first-order valence-corrected chi connectivity index (χ1v) is 10.4. The topological polar surface area (TPSA) is 76.7 Å². The average molecular weight is 433 g/mol. The van der Waals surface area contributed by atoms with Gasteiger partial charge in [0, 0.05) is 11.3 Å². The highest BCUT2D eigenvalue weighted by atomic mass is 16.5. The molecule has 6 nitrogen and oxygen atoms in total. The molecule has 3 aromatic rings. The van der Waals surface area contributed by atoms with Crippen molar-refractivity contribution in [2.75, 3.05) is 17.7 Å². The summed E-state index contributed by atoms with van der Waals surface area (Å²) in [5.41, 5.74) is 4.97. The lowest BCUT2D eigenvalue weighted by Gasteiger charge is -2.16. The normalized spacial score (nSPS) is 11.4. The number of nitrogens with one attached hydrogen (secondary N) is 2. The molecule has 166 valence electrons. The summed E-state index contributed by atoms with van der Waals surface area (Å²) < 4.78 is 11.1. The lowest BCUT2D eigenvalue weighted by Crippen LogP contribution is -2.30. The van der Waals surface area contributed by atoms with E-state index < -0.39 is 6.10 Å². The molecule has 6 heteroatoms. The van der Waals surface area contributed by atoms with Gasteiger partial charge in [-0.15, -0.1) is 0 Å². The van der Waals surface area contributed by atoms with E-state index in [-0.39, 0.29) is 11.8 Å². The van der Waals surface area contributed by atoms with Crippen LogP contribution in [0.5, 0.6) is 11.5 Å². The number of carbonyl (C=O) groups is 2. The zero-order valence-corrected chi connectivity index (χ0v) is 19.0. The van der Waals surface area contributed by atoms with E-state index in [0.29, 0.717) is 22.7 Å². The van der Waals surface area contributed by atoms with E-state index >= 15 is 0 Å². The number of benzene rings is 3. The van der Waals surface area contributed by atoms with E-state index in [1.165, 1.54) is 0 Å². The lowest BCUT2D eigenvalue weighted by molar-refractivity contribution is -0.122. The average Bonchev–Trinajstić information content (AvgIpc) is 2.76. The largest absolute Gasteiger partial charge is 0.495 e. The minimum atomic E-state index is -0.702. The SMILES string of the molecule is COc1ccc(C)cc1NC(=O)c1ccc(OC(C)C(=O)Nc2ccc(C)cc2C)cc1. The summed E-state index contributed by atoms with van der Waals surface area (Å²) in [4.78, 5) is 25.1. The summed E-state index contributed by atoms with van der Waals surface area (Å²) in [6, 6.07) is 18.1. The van der Waals surface area contributed by atoms with Crippen molar-refractivity contribution in [2.45, 2.75) is 33.8 Å². The molecule has 0 spiro atoms. The molecule has 0 fully saturated rings. The number of rotatable bonds is 7. The first-order valence-electron chi connectivity index (χ1n) is 10.4. The van der Waals surface area contributed by atoms with Gasteiger partial charge in [0.2, 0.25) is 0 Å². The summed E-state index contributed by atoms with van der Waals surface area (Å²) >= 11 is 0. The maximum atomic E-state index is 12.6. The molecule has 0 heterocycles. The van der Waals surface area contributed by atoms with Crippen LogP contribution in [-0.2, 0) is 4.79 Å². The molecule has 3 rings (SSSR count). The fraction of sp³-hybridized carbons (Fsp3) is 0.231. The number of aryl methyl sites for hydroxylation is 3. The molecule has 32 heavy (non-hydrogen) atoms. The summed E-state index contributed by atoms with van der Waals surface area (Å²) in [6.07, 6.45) is -0.702. The molecule has 1 atom stereocenters. The molecule has 1 unspecified atom stereocenters. The van der Waals surface area contributed by atoms with Crippen LogP contribution in [0.4, 0.5) is 11.4 Å². The van der Waals surface area contributed by atoms with Gasteiger partial charge in [-0.3, -0.25) is 9.59 Å². The van der Waals surface area contributed by atoms with Crippen LogP contribution in [0, 0.1) is 20.8 Å². The Morgan fingerprint density at radius 3 is 2.12 bits per heavy atom. The Labute approximate surface area is 188 Å². The number of carbonyl (C=O) groups excluding carboxylic acids is 2. The van der Waals surface area contributed by atoms with Crippen molar-refractivity contribution < 1.29 is 19.1 Å². The van der Waals surface area contributed by atoms with Crippen molar-refractivity contribution in [3.8, 4) is 11.5 Å². The summed E-state index contributed by atoms with van der Waals surface area (Å²) in [6.45, 7) is 7.58. The van der Waals surface area contributed by atoms with Crippen molar-refractivity contribution in [3.63, 3.8) is 0 Å². The second-order valence-corrected chi connectivity index (χ2v) is 7.75. The zero-order chi connectivity index (χ0) is 23.3. The predicted octanol–water partition coefficient (Wildman–Crippen LogP) is 5.28. The van der Waals surface area contributed by atoms with Gasteiger partial charge in [-0.05, 0) is 81.3 Å². The number of methoxy groups -OCH3 is 1. The molecule has 0 bridgehead atoms. The molecular formula is C26H28N2O4. The quantitative estimate of drug-likeness (QED) is 0.533. The summed E-state index contributed by atoms with van der Waals surface area (Å²) in [7, 11) is 1.56. The van der Waals surface area contributed by atoms with Gasteiger partial charge in [-0.1, -0.05) is 23.8 Å². The highest BCUT2D eigenvalue weighted by molar-refractivity contribution is 6.05. The van der Waals surface area contributed by atoms with Crippen LogP contribution < -0.4 is 20.1 Å². The van der Waals surface area contributed by atoms with Crippen LogP contribution in [0.2, 0.25) is 0 Å². The molecule has 0 aliphatic rings. The highest BCUT2D eigenvalue weighted by Crippen LogP contribution is 2.26. The second-order valence-electron chi connectivity index (χ2n) is 7.75. The van der Waals surface area contributed by atoms with E-state index in [1.54, 1.807) is 38.3 Å². The van der Waals surface area contributed by atoms with Gasteiger partial charge in [-0.2, -0.15) is 0 Å². The Morgan fingerprint density at radius 1 is 0.812 bits per heavy atom. The van der Waals surface area contributed by atoms with Crippen molar-refractivity contribution in [1.82, 2.24) is 0 Å². The number of hydrogen-bond donors (Lipinski definition) is 2. The minimum absolute atomic E-state index is 0.245. The monoisotopic (exact) mass is 432 g/mol. The molecule has 0 aromatic heterocycles. The molecule has 2 amide bonds. The molecule has 0 saturated carbocycles. The number of hydrogen-bond acceptors (Lipinski definition) is 4. The van der Waals surface area contributed by atoms with Crippen LogP contribution in [0.3, 0.4) is 0 Å². The molecule has 2 N–H and O–H groups in total.